The summed E-state index contributed by atoms with van der Waals surface area (Å²) >= 11 is 0. The molecule has 0 aliphatic carbocycles. The zero-order valence-electron chi connectivity index (χ0n) is 17.3. The van der Waals surface area contributed by atoms with Crippen molar-refractivity contribution in [3.63, 3.8) is 0 Å². The lowest BCUT2D eigenvalue weighted by Gasteiger charge is -2.15. The van der Waals surface area contributed by atoms with Gasteiger partial charge in [0.2, 0.25) is 6.10 Å². The van der Waals surface area contributed by atoms with Crippen LogP contribution >= 0.6 is 0 Å². The van der Waals surface area contributed by atoms with Crippen molar-refractivity contribution in [1.82, 2.24) is 0 Å². The maximum atomic E-state index is 12.4. The van der Waals surface area contributed by atoms with Gasteiger partial charge < -0.3 is 19.6 Å². The summed E-state index contributed by atoms with van der Waals surface area (Å²) in [6.07, 6.45) is 0.797. The van der Waals surface area contributed by atoms with Crippen molar-refractivity contribution < 1.29 is 19.1 Å². The van der Waals surface area contributed by atoms with Crippen molar-refractivity contribution in [2.24, 2.45) is 5.16 Å². The van der Waals surface area contributed by atoms with Crippen molar-refractivity contribution in [2.75, 3.05) is 19.0 Å². The monoisotopic (exact) mass is 384 g/mol. The number of hydrogen-bond acceptors (Lipinski definition) is 5. The van der Waals surface area contributed by atoms with Crippen LogP contribution in [0, 0.1) is 20.8 Å². The Morgan fingerprint density at radius 3 is 2.43 bits per heavy atom. The van der Waals surface area contributed by atoms with Crippen molar-refractivity contribution in [2.45, 2.75) is 40.7 Å². The molecule has 0 saturated heterocycles. The SMILES string of the molecule is CCOc1ccc(/C=N/OC(C)C(=O)Nc2c(C)cc(C)cc2C)cc1OC. The molecule has 150 valence electrons. The first-order valence-electron chi connectivity index (χ1n) is 9.24. The van der Waals surface area contributed by atoms with Gasteiger partial charge in [0, 0.05) is 11.3 Å². The second-order valence-corrected chi connectivity index (χ2v) is 6.59. The molecule has 0 bridgehead atoms. The number of hydrogen-bond donors (Lipinski definition) is 1. The second-order valence-electron chi connectivity index (χ2n) is 6.59. The highest BCUT2D eigenvalue weighted by Gasteiger charge is 2.16. The Bertz CT molecular complexity index is 839. The van der Waals surface area contributed by atoms with Crippen molar-refractivity contribution in [1.29, 1.82) is 0 Å². The van der Waals surface area contributed by atoms with Crippen LogP contribution in [-0.4, -0.2) is 31.9 Å². The van der Waals surface area contributed by atoms with Gasteiger partial charge in [0.15, 0.2) is 11.5 Å². The molecule has 0 heterocycles. The van der Waals surface area contributed by atoms with Crippen LogP contribution in [0.15, 0.2) is 35.5 Å². The van der Waals surface area contributed by atoms with E-state index in [0.717, 1.165) is 27.9 Å². The maximum Gasteiger partial charge on any atom is 0.268 e. The summed E-state index contributed by atoms with van der Waals surface area (Å²) < 4.78 is 10.8. The van der Waals surface area contributed by atoms with Gasteiger partial charge in [-0.2, -0.15) is 0 Å². The first kappa shape index (κ1) is 21.3. The first-order valence-corrected chi connectivity index (χ1v) is 9.24. The standard InChI is InChI=1S/C22H28N2O4/c1-7-27-19-9-8-18(12-20(19)26-6)13-23-28-17(5)22(25)24-21-15(3)10-14(2)11-16(21)4/h8-13,17H,7H2,1-6H3,(H,24,25)/b23-13+. The van der Waals surface area contributed by atoms with E-state index in [4.69, 9.17) is 14.3 Å². The fraction of sp³-hybridized carbons (Fsp3) is 0.364. The molecule has 0 saturated carbocycles. The number of aryl methyl sites for hydroxylation is 3. The number of benzene rings is 2. The molecule has 1 N–H and O–H groups in total. The third-order valence-electron chi connectivity index (χ3n) is 4.20. The van der Waals surface area contributed by atoms with E-state index < -0.39 is 6.10 Å². The number of ether oxygens (including phenoxy) is 2. The van der Waals surface area contributed by atoms with Crippen LogP contribution in [0.4, 0.5) is 5.69 Å². The third kappa shape index (κ3) is 5.49. The van der Waals surface area contributed by atoms with Crippen LogP contribution in [-0.2, 0) is 9.63 Å². The Balaban J connectivity index is 1.99. The van der Waals surface area contributed by atoms with Crippen LogP contribution < -0.4 is 14.8 Å². The van der Waals surface area contributed by atoms with Crippen LogP contribution in [0.3, 0.4) is 0 Å². The highest BCUT2D eigenvalue weighted by molar-refractivity contribution is 5.95. The molecule has 28 heavy (non-hydrogen) atoms. The van der Waals surface area contributed by atoms with Crippen LogP contribution in [0.5, 0.6) is 11.5 Å². The second kappa shape index (κ2) is 9.78. The summed E-state index contributed by atoms with van der Waals surface area (Å²) in [5.74, 6) is 1.03. The largest absolute Gasteiger partial charge is 0.493 e. The number of nitrogens with one attached hydrogen (secondary N) is 1. The molecule has 0 fully saturated rings. The van der Waals surface area contributed by atoms with E-state index in [9.17, 15) is 4.79 Å². The summed E-state index contributed by atoms with van der Waals surface area (Å²) in [5.41, 5.74) is 4.78. The number of anilines is 1. The zero-order chi connectivity index (χ0) is 20.7. The van der Waals surface area contributed by atoms with E-state index in [2.05, 4.69) is 10.5 Å². The third-order valence-corrected chi connectivity index (χ3v) is 4.20. The molecule has 2 rings (SSSR count). The van der Waals surface area contributed by atoms with E-state index in [0.29, 0.717) is 18.1 Å². The topological polar surface area (TPSA) is 69.2 Å². The molecule has 6 nitrogen and oxygen atoms in total. The highest BCUT2D eigenvalue weighted by atomic mass is 16.6. The number of carbonyl (C=O) groups is 1. The van der Waals surface area contributed by atoms with E-state index in [-0.39, 0.29) is 5.91 Å². The van der Waals surface area contributed by atoms with Gasteiger partial charge in [-0.3, -0.25) is 4.79 Å². The van der Waals surface area contributed by atoms with Gasteiger partial charge in [0.05, 0.1) is 19.9 Å². The number of methoxy groups -OCH3 is 1. The fourth-order valence-corrected chi connectivity index (χ4v) is 2.87. The van der Waals surface area contributed by atoms with Gasteiger partial charge in [-0.15, -0.1) is 0 Å². The van der Waals surface area contributed by atoms with E-state index >= 15 is 0 Å². The Hall–Kier alpha value is -3.02. The molecule has 0 aliphatic rings. The minimum Gasteiger partial charge on any atom is -0.493 e. The Morgan fingerprint density at radius 1 is 1.14 bits per heavy atom. The first-order chi connectivity index (χ1) is 13.3. The molecule has 1 unspecified atom stereocenters. The molecule has 0 aromatic heterocycles. The number of nitrogens with zero attached hydrogens (tertiary/aromatic N) is 1. The molecule has 1 amide bonds. The van der Waals surface area contributed by atoms with Crippen LogP contribution in [0.25, 0.3) is 0 Å². The van der Waals surface area contributed by atoms with Gasteiger partial charge in [-0.05, 0) is 63.9 Å². The molecule has 2 aromatic carbocycles. The molecule has 0 aliphatic heterocycles. The molecule has 0 radical (unpaired) electrons. The van der Waals surface area contributed by atoms with Gasteiger partial charge in [-0.25, -0.2) is 0 Å². The summed E-state index contributed by atoms with van der Waals surface area (Å²) in [5, 5.41) is 6.85. The smallest absolute Gasteiger partial charge is 0.268 e. The van der Waals surface area contributed by atoms with E-state index in [1.54, 1.807) is 20.1 Å². The van der Waals surface area contributed by atoms with Crippen molar-refractivity contribution in [3.05, 3.63) is 52.6 Å². The number of amides is 1. The van der Waals surface area contributed by atoms with Crippen molar-refractivity contribution >= 4 is 17.8 Å². The lowest BCUT2D eigenvalue weighted by atomic mass is 10.0. The van der Waals surface area contributed by atoms with Gasteiger partial charge in [0.25, 0.3) is 5.91 Å². The molecule has 6 heteroatoms. The maximum absolute atomic E-state index is 12.4. The normalized spacial score (nSPS) is 11.9. The number of carbonyl (C=O) groups excluding carboxylic acids is 1. The summed E-state index contributed by atoms with van der Waals surface area (Å²) in [6, 6.07) is 9.51. The van der Waals surface area contributed by atoms with Gasteiger partial charge in [0.1, 0.15) is 0 Å². The predicted molar refractivity (Wildman–Crippen MR) is 112 cm³/mol. The van der Waals surface area contributed by atoms with Gasteiger partial charge >= 0.3 is 0 Å². The highest BCUT2D eigenvalue weighted by Crippen LogP contribution is 2.27. The molecular weight excluding hydrogens is 356 g/mol. The number of rotatable bonds is 8. The Morgan fingerprint density at radius 2 is 1.82 bits per heavy atom. The zero-order valence-corrected chi connectivity index (χ0v) is 17.3. The van der Waals surface area contributed by atoms with Gasteiger partial charge in [-0.1, -0.05) is 22.9 Å². The Kier molecular flexibility index (Phi) is 7.44. The molecule has 0 spiro atoms. The average molecular weight is 384 g/mol. The van der Waals surface area contributed by atoms with E-state index in [1.807, 2.05) is 52.0 Å². The molecule has 2 aromatic rings. The summed E-state index contributed by atoms with van der Waals surface area (Å²) in [7, 11) is 1.58. The summed E-state index contributed by atoms with van der Waals surface area (Å²) in [4.78, 5) is 17.7. The molecular formula is C22H28N2O4. The van der Waals surface area contributed by atoms with Crippen molar-refractivity contribution in [3.8, 4) is 11.5 Å². The minimum absolute atomic E-state index is 0.253. The van der Waals surface area contributed by atoms with Crippen LogP contribution in [0.1, 0.15) is 36.1 Å². The lowest BCUT2D eigenvalue weighted by molar-refractivity contribution is -0.126. The quantitative estimate of drug-likeness (QED) is 0.541. The predicted octanol–water partition coefficient (Wildman–Crippen LogP) is 4.40. The van der Waals surface area contributed by atoms with E-state index in [1.165, 1.54) is 6.21 Å². The number of oxime groups is 1. The van der Waals surface area contributed by atoms with Crippen LogP contribution in [0.2, 0.25) is 0 Å². The molecule has 1 atom stereocenters. The minimum atomic E-state index is -0.735. The Labute approximate surface area is 166 Å². The average Bonchev–Trinajstić information content (AvgIpc) is 2.65. The fourth-order valence-electron chi connectivity index (χ4n) is 2.87. The lowest BCUT2D eigenvalue weighted by Crippen LogP contribution is -2.27. The summed E-state index contributed by atoms with van der Waals surface area (Å²) in [6.45, 7) is 10.1.